The van der Waals surface area contributed by atoms with Crippen molar-refractivity contribution in [3.05, 3.63) is 36.4 Å². The number of hydrogen-bond donors (Lipinski definition) is 3. The minimum absolute atomic E-state index is 0.0371. The third-order valence-electron chi connectivity index (χ3n) is 3.03. The largest absolute Gasteiger partial charge is 0.508 e. The van der Waals surface area contributed by atoms with Gasteiger partial charge in [-0.05, 0) is 17.7 Å². The predicted molar refractivity (Wildman–Crippen MR) is 67.2 cm³/mol. The second-order valence-electron chi connectivity index (χ2n) is 4.25. The quantitative estimate of drug-likeness (QED) is 0.689. The Morgan fingerprint density at radius 2 is 1.76 bits per heavy atom. The lowest BCUT2D eigenvalue weighted by atomic mass is 10.0. The Morgan fingerprint density at radius 3 is 2.29 bits per heavy atom. The molecule has 1 atom stereocenters. The molecule has 0 amide bonds. The van der Waals surface area contributed by atoms with E-state index in [0.29, 0.717) is 0 Å². The van der Waals surface area contributed by atoms with Crippen LogP contribution in [0.3, 0.4) is 0 Å². The molecule has 0 saturated carbocycles. The van der Waals surface area contributed by atoms with Crippen molar-refractivity contribution >= 4 is 0 Å². The maximum Gasteiger partial charge on any atom is 0.119 e. The maximum atomic E-state index is 9.51. The summed E-state index contributed by atoms with van der Waals surface area (Å²) in [4.78, 5) is 2.28. The van der Waals surface area contributed by atoms with E-state index in [-0.39, 0.29) is 17.5 Å². The Hall–Kier alpha value is -1.52. The van der Waals surface area contributed by atoms with Gasteiger partial charge in [-0.2, -0.15) is 0 Å². The number of phenols is 2. The Bertz CT molecular complexity index is 380. The maximum absolute atomic E-state index is 9.51. The third-order valence-corrected chi connectivity index (χ3v) is 3.03. The number of rotatable bonds is 3. The molecule has 1 fully saturated rings. The third kappa shape index (κ3) is 2.78. The van der Waals surface area contributed by atoms with E-state index < -0.39 is 0 Å². The van der Waals surface area contributed by atoms with Gasteiger partial charge in [-0.3, -0.25) is 4.90 Å². The Labute approximate surface area is 101 Å². The van der Waals surface area contributed by atoms with Gasteiger partial charge in [0.15, 0.2) is 0 Å². The molecule has 17 heavy (non-hydrogen) atoms. The second-order valence-corrected chi connectivity index (χ2v) is 4.25. The van der Waals surface area contributed by atoms with E-state index in [4.69, 9.17) is 0 Å². The van der Waals surface area contributed by atoms with E-state index in [0.717, 1.165) is 31.7 Å². The SMILES string of the molecule is C=C[C@H](c1cc(O)cc(O)c1)N1CCNCC1. The molecular weight excluding hydrogens is 216 g/mol. The van der Waals surface area contributed by atoms with Gasteiger partial charge in [-0.25, -0.2) is 0 Å². The van der Waals surface area contributed by atoms with Gasteiger partial charge in [0.2, 0.25) is 0 Å². The van der Waals surface area contributed by atoms with Gasteiger partial charge in [0.25, 0.3) is 0 Å². The van der Waals surface area contributed by atoms with Crippen LogP contribution in [0.25, 0.3) is 0 Å². The molecule has 4 nitrogen and oxygen atoms in total. The first-order chi connectivity index (χ1) is 8.20. The van der Waals surface area contributed by atoms with Gasteiger partial charge >= 0.3 is 0 Å². The summed E-state index contributed by atoms with van der Waals surface area (Å²) in [6.07, 6.45) is 1.85. The molecule has 1 heterocycles. The summed E-state index contributed by atoms with van der Waals surface area (Å²) in [5.74, 6) is 0.170. The van der Waals surface area contributed by atoms with E-state index >= 15 is 0 Å². The number of nitrogens with one attached hydrogen (secondary N) is 1. The molecule has 1 aliphatic heterocycles. The molecule has 0 bridgehead atoms. The summed E-state index contributed by atoms with van der Waals surface area (Å²) in [6.45, 7) is 7.63. The van der Waals surface area contributed by atoms with Crippen LogP contribution >= 0.6 is 0 Å². The highest BCUT2D eigenvalue weighted by molar-refractivity contribution is 5.39. The summed E-state index contributed by atoms with van der Waals surface area (Å²) in [5.41, 5.74) is 0.874. The summed E-state index contributed by atoms with van der Waals surface area (Å²) in [7, 11) is 0. The predicted octanol–water partition coefficient (Wildman–Crippen LogP) is 1.23. The van der Waals surface area contributed by atoms with Crippen LogP contribution in [-0.2, 0) is 0 Å². The van der Waals surface area contributed by atoms with Crippen molar-refractivity contribution in [3.8, 4) is 11.5 Å². The molecule has 3 N–H and O–H groups in total. The number of piperazine rings is 1. The summed E-state index contributed by atoms with van der Waals surface area (Å²) >= 11 is 0. The van der Waals surface area contributed by atoms with Crippen molar-refractivity contribution < 1.29 is 10.2 Å². The lowest BCUT2D eigenvalue weighted by Crippen LogP contribution is -2.44. The van der Waals surface area contributed by atoms with Crippen molar-refractivity contribution in [1.82, 2.24) is 10.2 Å². The first kappa shape index (κ1) is 12.0. The average molecular weight is 234 g/mol. The summed E-state index contributed by atoms with van der Waals surface area (Å²) in [5, 5.41) is 22.3. The molecule has 1 aromatic carbocycles. The highest BCUT2D eigenvalue weighted by Gasteiger charge is 2.20. The van der Waals surface area contributed by atoms with Crippen LogP contribution < -0.4 is 5.32 Å². The molecule has 92 valence electrons. The normalized spacial score (nSPS) is 18.8. The molecule has 4 heteroatoms. The zero-order valence-corrected chi connectivity index (χ0v) is 9.76. The lowest BCUT2D eigenvalue weighted by Gasteiger charge is -2.33. The monoisotopic (exact) mass is 234 g/mol. The van der Waals surface area contributed by atoms with Crippen molar-refractivity contribution in [2.45, 2.75) is 6.04 Å². The molecule has 2 rings (SSSR count). The van der Waals surface area contributed by atoms with Gasteiger partial charge < -0.3 is 15.5 Å². The lowest BCUT2D eigenvalue weighted by molar-refractivity contribution is 0.203. The molecule has 0 aromatic heterocycles. The minimum atomic E-state index is 0.0371. The number of aromatic hydroxyl groups is 2. The number of hydrogen-bond acceptors (Lipinski definition) is 4. The highest BCUT2D eigenvalue weighted by atomic mass is 16.3. The van der Waals surface area contributed by atoms with Crippen LogP contribution in [0.5, 0.6) is 11.5 Å². The topological polar surface area (TPSA) is 55.7 Å². The first-order valence-corrected chi connectivity index (χ1v) is 5.81. The highest BCUT2D eigenvalue weighted by Crippen LogP contribution is 2.29. The minimum Gasteiger partial charge on any atom is -0.508 e. The smallest absolute Gasteiger partial charge is 0.119 e. The van der Waals surface area contributed by atoms with E-state index in [1.807, 2.05) is 6.08 Å². The number of benzene rings is 1. The zero-order chi connectivity index (χ0) is 12.3. The van der Waals surface area contributed by atoms with Crippen molar-refractivity contribution in [1.29, 1.82) is 0 Å². The fourth-order valence-corrected chi connectivity index (χ4v) is 2.25. The van der Waals surface area contributed by atoms with Crippen LogP contribution in [-0.4, -0.2) is 41.3 Å². The van der Waals surface area contributed by atoms with E-state index in [9.17, 15) is 10.2 Å². The van der Waals surface area contributed by atoms with Crippen LogP contribution in [0, 0.1) is 0 Å². The van der Waals surface area contributed by atoms with Crippen molar-refractivity contribution in [2.24, 2.45) is 0 Å². The number of phenolic OH excluding ortho intramolecular Hbond substituents is 2. The molecule has 1 aliphatic rings. The molecular formula is C13H18N2O2. The van der Waals surface area contributed by atoms with E-state index in [1.54, 1.807) is 12.1 Å². The van der Waals surface area contributed by atoms with Crippen LogP contribution in [0.2, 0.25) is 0 Å². The molecule has 1 saturated heterocycles. The average Bonchev–Trinajstić information content (AvgIpc) is 2.30. The molecule has 0 spiro atoms. The zero-order valence-electron chi connectivity index (χ0n) is 9.76. The summed E-state index contributed by atoms with van der Waals surface area (Å²) in [6, 6.07) is 4.72. The van der Waals surface area contributed by atoms with Gasteiger partial charge in [-0.1, -0.05) is 6.08 Å². The Morgan fingerprint density at radius 1 is 1.18 bits per heavy atom. The van der Waals surface area contributed by atoms with Crippen LogP contribution in [0.1, 0.15) is 11.6 Å². The van der Waals surface area contributed by atoms with E-state index in [1.165, 1.54) is 6.07 Å². The second kappa shape index (κ2) is 5.21. The first-order valence-electron chi connectivity index (χ1n) is 5.81. The van der Waals surface area contributed by atoms with Gasteiger partial charge in [0, 0.05) is 32.2 Å². The van der Waals surface area contributed by atoms with Crippen molar-refractivity contribution in [2.75, 3.05) is 26.2 Å². The fourth-order valence-electron chi connectivity index (χ4n) is 2.25. The van der Waals surface area contributed by atoms with Crippen LogP contribution in [0.4, 0.5) is 0 Å². The molecule has 1 aromatic rings. The molecule has 0 aliphatic carbocycles. The Kier molecular flexibility index (Phi) is 3.66. The standard InChI is InChI=1S/C13H18N2O2/c1-2-13(15-5-3-14-4-6-15)10-7-11(16)9-12(17)8-10/h2,7-9,13-14,16-17H,1,3-6H2/t13-/m1/s1. The van der Waals surface area contributed by atoms with Gasteiger partial charge in [0.1, 0.15) is 11.5 Å². The summed E-state index contributed by atoms with van der Waals surface area (Å²) < 4.78 is 0. The number of nitrogens with zero attached hydrogens (tertiary/aromatic N) is 1. The molecule has 0 radical (unpaired) electrons. The fraction of sp³-hybridized carbons (Fsp3) is 0.385. The Balaban J connectivity index is 2.24. The van der Waals surface area contributed by atoms with Gasteiger partial charge in [-0.15, -0.1) is 6.58 Å². The van der Waals surface area contributed by atoms with E-state index in [2.05, 4.69) is 16.8 Å². The van der Waals surface area contributed by atoms with Crippen molar-refractivity contribution in [3.63, 3.8) is 0 Å². The van der Waals surface area contributed by atoms with Gasteiger partial charge in [0.05, 0.1) is 6.04 Å². The molecule has 0 unspecified atom stereocenters. The van der Waals surface area contributed by atoms with Crippen LogP contribution in [0.15, 0.2) is 30.9 Å².